The maximum absolute atomic E-state index is 2.47. The maximum Gasteiger partial charge on any atom is 0.0253 e. The molecule has 0 aliphatic rings. The molecule has 1 atom stereocenters. The molecule has 4 aromatic rings. The third-order valence-corrected chi connectivity index (χ3v) is 5.47. The van der Waals surface area contributed by atoms with Gasteiger partial charge in [-0.05, 0) is 38.9 Å². The van der Waals surface area contributed by atoms with Crippen LogP contribution in [-0.4, -0.2) is 0 Å². The number of hydrogen-bond acceptors (Lipinski definition) is 0. The zero-order valence-corrected chi connectivity index (χ0v) is 18.7. The Morgan fingerprint density at radius 3 is 1.41 bits per heavy atom. The lowest BCUT2D eigenvalue weighted by Gasteiger charge is -2.19. The van der Waals surface area contributed by atoms with E-state index in [0.29, 0.717) is 0 Å². The van der Waals surface area contributed by atoms with Crippen molar-refractivity contribution < 1.29 is 0 Å². The second kappa shape index (κ2) is 9.30. The largest absolute Gasteiger partial charge is 0.153 e. The van der Waals surface area contributed by atoms with Gasteiger partial charge in [-0.2, -0.15) is 9.90 Å². The van der Waals surface area contributed by atoms with Gasteiger partial charge in [-0.25, -0.2) is 0 Å². The van der Waals surface area contributed by atoms with E-state index in [1.54, 1.807) is 0 Å². The monoisotopic (exact) mass is 480 g/mol. The van der Waals surface area contributed by atoms with Gasteiger partial charge in [0.15, 0.2) is 0 Å². The van der Waals surface area contributed by atoms with E-state index in [4.69, 9.17) is 0 Å². The molecule has 0 fully saturated rings. The van der Waals surface area contributed by atoms with Crippen LogP contribution in [0.2, 0.25) is 0 Å². The van der Waals surface area contributed by atoms with E-state index in [9.17, 15) is 0 Å². The van der Waals surface area contributed by atoms with Gasteiger partial charge in [-0.15, -0.1) is 0 Å². The van der Waals surface area contributed by atoms with Crippen LogP contribution in [0.1, 0.15) is 5.56 Å². The number of benzene rings is 4. The summed E-state index contributed by atoms with van der Waals surface area (Å²) in [5, 5.41) is 0. The van der Waals surface area contributed by atoms with Crippen LogP contribution in [-0.2, 0) is 4.43 Å². The molecule has 0 aliphatic heterocycles. The minimum Gasteiger partial charge on any atom is -0.153 e. The van der Waals surface area contributed by atoms with Crippen molar-refractivity contribution in [3.8, 4) is 33.4 Å². The molecule has 27 heavy (non-hydrogen) atoms. The Hall–Kier alpha value is -1.96. The lowest BCUT2D eigenvalue weighted by atomic mass is 9.85. The third-order valence-electron chi connectivity index (χ3n) is 4.65. The molecule has 0 spiro atoms. The van der Waals surface area contributed by atoms with Crippen LogP contribution in [0, 0.1) is 0 Å². The minimum absolute atomic E-state index is 0. The summed E-state index contributed by atoms with van der Waals surface area (Å²) in [5.41, 5.74) is 9.10. The van der Waals surface area contributed by atoms with Gasteiger partial charge in [0.1, 0.15) is 0 Å². The predicted octanol–water partition coefficient (Wildman–Crippen LogP) is 7.68. The smallest absolute Gasteiger partial charge is 0.0253 e. The Kier molecular flexibility index (Phi) is 6.82. The summed E-state index contributed by atoms with van der Waals surface area (Å²) in [6.45, 7) is 0. The molecule has 4 aromatic carbocycles. The molecule has 0 amide bonds. The average molecular weight is 480 g/mol. The van der Waals surface area contributed by atoms with Crippen LogP contribution < -0.4 is 0 Å². The first-order valence-corrected chi connectivity index (χ1v) is 10.3. The standard InChI is InChI=1S/C25H19I.H3P/c26-18-22-16-17-23(19-10-4-1-5-11-19)25(21-14-8-3-9-15-21)24(22)20-12-6-2-7-13-20;/h1-17H,18H2;1H3. The molecule has 4 rings (SSSR count). The highest BCUT2D eigenvalue weighted by Gasteiger charge is 2.17. The van der Waals surface area contributed by atoms with Gasteiger partial charge in [0.25, 0.3) is 0 Å². The zero-order valence-electron chi connectivity index (χ0n) is 15.1. The Bertz CT molecular complexity index is 996. The highest BCUT2D eigenvalue weighted by molar-refractivity contribution is 14.1. The summed E-state index contributed by atoms with van der Waals surface area (Å²) >= 11 is 2.47. The van der Waals surface area contributed by atoms with Crippen molar-refractivity contribution in [1.82, 2.24) is 0 Å². The molecular formula is C25H22IP. The fourth-order valence-electron chi connectivity index (χ4n) is 3.45. The van der Waals surface area contributed by atoms with Gasteiger partial charge < -0.3 is 0 Å². The topological polar surface area (TPSA) is 0 Å². The van der Waals surface area contributed by atoms with Crippen LogP contribution in [0.3, 0.4) is 0 Å². The Morgan fingerprint density at radius 2 is 0.926 bits per heavy atom. The second-order valence-electron chi connectivity index (χ2n) is 6.25. The molecule has 1 unspecified atom stereocenters. The van der Waals surface area contributed by atoms with Crippen molar-refractivity contribution in [3.05, 3.63) is 109 Å². The van der Waals surface area contributed by atoms with Gasteiger partial charge in [-0.3, -0.25) is 0 Å². The molecule has 2 heteroatoms. The molecular weight excluding hydrogens is 458 g/mol. The van der Waals surface area contributed by atoms with Crippen LogP contribution in [0.4, 0.5) is 0 Å². The van der Waals surface area contributed by atoms with Crippen LogP contribution in [0.25, 0.3) is 33.4 Å². The quantitative estimate of drug-likeness (QED) is 0.160. The third kappa shape index (κ3) is 4.15. The molecule has 0 nitrogen and oxygen atoms in total. The molecule has 0 aromatic heterocycles. The van der Waals surface area contributed by atoms with Gasteiger partial charge in [-0.1, -0.05) is 126 Å². The Balaban J connectivity index is 0.00000210. The van der Waals surface area contributed by atoms with E-state index in [0.717, 1.165) is 4.43 Å². The molecule has 0 saturated carbocycles. The summed E-state index contributed by atoms with van der Waals surface area (Å²) in [4.78, 5) is 0. The van der Waals surface area contributed by atoms with E-state index in [1.165, 1.54) is 38.9 Å². The lowest BCUT2D eigenvalue weighted by Crippen LogP contribution is -1.95. The first kappa shape index (κ1) is 19.8. The van der Waals surface area contributed by atoms with Gasteiger partial charge in [0.05, 0.1) is 0 Å². The van der Waals surface area contributed by atoms with Crippen molar-refractivity contribution in [2.75, 3.05) is 0 Å². The number of rotatable bonds is 4. The Labute approximate surface area is 178 Å². The van der Waals surface area contributed by atoms with E-state index in [1.807, 2.05) is 0 Å². The Morgan fingerprint density at radius 1 is 0.481 bits per heavy atom. The first-order chi connectivity index (χ1) is 12.9. The van der Waals surface area contributed by atoms with Crippen molar-refractivity contribution in [1.29, 1.82) is 0 Å². The number of hydrogen-bond donors (Lipinski definition) is 0. The van der Waals surface area contributed by atoms with Crippen molar-refractivity contribution in [2.24, 2.45) is 0 Å². The normalized spacial score (nSPS) is 10.3. The van der Waals surface area contributed by atoms with E-state index in [-0.39, 0.29) is 9.90 Å². The first-order valence-electron chi connectivity index (χ1n) is 8.76. The SMILES string of the molecule is ICc1ccc(-c2ccccc2)c(-c2ccccc2)c1-c1ccccc1.P. The number of halogens is 1. The molecule has 0 aliphatic carbocycles. The van der Waals surface area contributed by atoms with E-state index >= 15 is 0 Å². The van der Waals surface area contributed by atoms with Crippen LogP contribution in [0.15, 0.2) is 103 Å². The number of alkyl halides is 1. The van der Waals surface area contributed by atoms with Crippen molar-refractivity contribution in [3.63, 3.8) is 0 Å². The van der Waals surface area contributed by atoms with Gasteiger partial charge >= 0.3 is 0 Å². The van der Waals surface area contributed by atoms with Gasteiger partial charge in [0.2, 0.25) is 0 Å². The summed E-state index contributed by atoms with van der Waals surface area (Å²) in [6.07, 6.45) is 0. The fourth-order valence-corrected chi connectivity index (χ4v) is 4.09. The molecule has 0 radical (unpaired) electrons. The summed E-state index contributed by atoms with van der Waals surface area (Å²) < 4.78 is 0.983. The zero-order chi connectivity index (χ0) is 17.8. The fraction of sp³-hybridized carbons (Fsp3) is 0.0400. The van der Waals surface area contributed by atoms with Crippen molar-refractivity contribution in [2.45, 2.75) is 4.43 Å². The van der Waals surface area contributed by atoms with E-state index < -0.39 is 0 Å². The molecule has 0 bridgehead atoms. The predicted molar refractivity (Wildman–Crippen MR) is 132 cm³/mol. The highest BCUT2D eigenvalue weighted by atomic mass is 127. The molecule has 0 saturated heterocycles. The second-order valence-corrected chi connectivity index (χ2v) is 7.02. The maximum atomic E-state index is 2.47. The molecule has 134 valence electrons. The van der Waals surface area contributed by atoms with Crippen LogP contribution >= 0.6 is 32.5 Å². The van der Waals surface area contributed by atoms with Gasteiger partial charge in [0, 0.05) is 4.43 Å². The van der Waals surface area contributed by atoms with Crippen LogP contribution in [0.5, 0.6) is 0 Å². The summed E-state index contributed by atoms with van der Waals surface area (Å²) in [7, 11) is 0. The van der Waals surface area contributed by atoms with Crippen molar-refractivity contribution >= 4 is 32.5 Å². The minimum atomic E-state index is 0. The average Bonchev–Trinajstić information content (AvgIpc) is 2.74. The molecule has 0 N–H and O–H groups in total. The highest BCUT2D eigenvalue weighted by Crippen LogP contribution is 2.42. The lowest BCUT2D eigenvalue weighted by molar-refractivity contribution is 1.43. The summed E-state index contributed by atoms with van der Waals surface area (Å²) in [6, 6.07) is 36.7. The molecule has 0 heterocycles. The van der Waals surface area contributed by atoms with E-state index in [2.05, 4.69) is 126 Å². The summed E-state index contributed by atoms with van der Waals surface area (Å²) in [5.74, 6) is 0.